The monoisotopic (exact) mass is 426 g/mol. The molecule has 2 aromatic rings. The van der Waals surface area contributed by atoms with E-state index in [1.807, 2.05) is 0 Å². The minimum Gasteiger partial charge on any atom is -0.503 e. The molecule has 28 heavy (non-hydrogen) atoms. The lowest BCUT2D eigenvalue weighted by molar-refractivity contribution is 0.0782. The highest BCUT2D eigenvalue weighted by atomic mass is 35.5. The SMILES string of the molecule is CN(Cc1ccc(Cl)c(Cl)c1)C(=O)c1cn(CCN2CCNCC2)c(O)c1O. The zero-order valence-electron chi connectivity index (χ0n) is 15.7. The average molecular weight is 427 g/mol. The Morgan fingerprint density at radius 3 is 2.57 bits per heavy atom. The lowest BCUT2D eigenvalue weighted by Gasteiger charge is -2.27. The molecule has 2 heterocycles. The van der Waals surface area contributed by atoms with Gasteiger partial charge < -0.3 is 25.0 Å². The first-order valence-corrected chi connectivity index (χ1v) is 9.86. The molecule has 0 aliphatic carbocycles. The number of halogens is 2. The molecule has 3 N–H and O–H groups in total. The highest BCUT2D eigenvalue weighted by Gasteiger charge is 2.23. The van der Waals surface area contributed by atoms with Crippen LogP contribution in [0, 0.1) is 0 Å². The molecule has 152 valence electrons. The number of aromatic hydroxyl groups is 2. The van der Waals surface area contributed by atoms with Crippen LogP contribution in [0.1, 0.15) is 15.9 Å². The van der Waals surface area contributed by atoms with Gasteiger partial charge in [0, 0.05) is 59.1 Å². The topological polar surface area (TPSA) is 81.0 Å². The van der Waals surface area contributed by atoms with Gasteiger partial charge in [0.1, 0.15) is 5.56 Å². The molecule has 0 unspecified atom stereocenters. The molecule has 3 rings (SSSR count). The van der Waals surface area contributed by atoms with Crippen molar-refractivity contribution < 1.29 is 15.0 Å². The smallest absolute Gasteiger partial charge is 0.259 e. The van der Waals surface area contributed by atoms with E-state index in [2.05, 4.69) is 10.2 Å². The minimum absolute atomic E-state index is 0.0698. The zero-order chi connectivity index (χ0) is 20.3. The Morgan fingerprint density at radius 2 is 1.89 bits per heavy atom. The van der Waals surface area contributed by atoms with Crippen molar-refractivity contribution in [2.45, 2.75) is 13.1 Å². The van der Waals surface area contributed by atoms with Crippen molar-refractivity contribution in [1.82, 2.24) is 19.7 Å². The van der Waals surface area contributed by atoms with Crippen molar-refractivity contribution in [3.63, 3.8) is 0 Å². The van der Waals surface area contributed by atoms with Gasteiger partial charge in [-0.15, -0.1) is 0 Å². The molecular formula is C19H24Cl2N4O3. The molecule has 0 radical (unpaired) electrons. The van der Waals surface area contributed by atoms with Crippen LogP contribution in [-0.4, -0.2) is 70.3 Å². The number of carbonyl (C=O) groups excluding carboxylic acids is 1. The molecule has 1 fully saturated rings. The average Bonchev–Trinajstić information content (AvgIpc) is 2.97. The van der Waals surface area contributed by atoms with E-state index in [9.17, 15) is 15.0 Å². The molecule has 1 aromatic carbocycles. The van der Waals surface area contributed by atoms with Gasteiger partial charge in [-0.3, -0.25) is 9.69 Å². The summed E-state index contributed by atoms with van der Waals surface area (Å²) >= 11 is 11.9. The fraction of sp³-hybridized carbons (Fsp3) is 0.421. The van der Waals surface area contributed by atoms with E-state index in [1.165, 1.54) is 15.7 Å². The normalized spacial score (nSPS) is 15.0. The molecule has 0 bridgehead atoms. The second kappa shape index (κ2) is 9.05. The first-order valence-electron chi connectivity index (χ1n) is 9.10. The summed E-state index contributed by atoms with van der Waals surface area (Å²) < 4.78 is 1.51. The second-order valence-corrected chi connectivity index (χ2v) is 7.72. The molecule has 1 saturated heterocycles. The maximum Gasteiger partial charge on any atom is 0.259 e. The van der Waals surface area contributed by atoms with Gasteiger partial charge in [-0.2, -0.15) is 0 Å². The molecular weight excluding hydrogens is 403 g/mol. The zero-order valence-corrected chi connectivity index (χ0v) is 17.2. The van der Waals surface area contributed by atoms with Gasteiger partial charge in [-0.25, -0.2) is 0 Å². The van der Waals surface area contributed by atoms with Crippen molar-refractivity contribution in [1.29, 1.82) is 0 Å². The maximum absolute atomic E-state index is 12.8. The van der Waals surface area contributed by atoms with Crippen LogP contribution < -0.4 is 5.32 Å². The summed E-state index contributed by atoms with van der Waals surface area (Å²) in [6.07, 6.45) is 1.50. The van der Waals surface area contributed by atoms with E-state index in [1.54, 1.807) is 25.2 Å². The lowest BCUT2D eigenvalue weighted by atomic mass is 10.2. The summed E-state index contributed by atoms with van der Waals surface area (Å²) in [5, 5.41) is 24.6. The van der Waals surface area contributed by atoms with Crippen molar-refractivity contribution >= 4 is 29.1 Å². The molecule has 1 amide bonds. The van der Waals surface area contributed by atoms with Crippen LogP contribution >= 0.6 is 23.2 Å². The van der Waals surface area contributed by atoms with E-state index in [4.69, 9.17) is 23.2 Å². The maximum atomic E-state index is 12.8. The highest BCUT2D eigenvalue weighted by Crippen LogP contribution is 2.32. The van der Waals surface area contributed by atoms with Gasteiger partial charge >= 0.3 is 0 Å². The van der Waals surface area contributed by atoms with Crippen LogP contribution in [0.4, 0.5) is 0 Å². The first kappa shape index (κ1) is 20.8. The number of piperazine rings is 1. The predicted octanol–water partition coefficient (Wildman–Crippen LogP) is 2.38. The summed E-state index contributed by atoms with van der Waals surface area (Å²) in [7, 11) is 1.62. The van der Waals surface area contributed by atoms with Gasteiger partial charge in [0.15, 0.2) is 5.75 Å². The predicted molar refractivity (Wildman–Crippen MR) is 109 cm³/mol. The molecule has 0 saturated carbocycles. The largest absolute Gasteiger partial charge is 0.503 e. The standard InChI is InChI=1S/C19H24Cl2N4O3/c1-23(11-13-2-3-15(20)16(21)10-13)18(27)14-12-25(19(28)17(14)26)9-8-24-6-4-22-5-7-24/h2-3,10,12,22,26,28H,4-9,11H2,1H3. The van der Waals surface area contributed by atoms with Crippen LogP contribution in [0.25, 0.3) is 0 Å². The van der Waals surface area contributed by atoms with Crippen molar-refractivity contribution in [3.05, 3.63) is 45.6 Å². The number of hydrogen-bond donors (Lipinski definition) is 3. The third kappa shape index (κ3) is 4.72. The summed E-state index contributed by atoms with van der Waals surface area (Å²) in [5.74, 6) is -1.08. The summed E-state index contributed by atoms with van der Waals surface area (Å²) in [6.45, 7) is 5.26. The number of rotatable bonds is 6. The molecule has 0 atom stereocenters. The molecule has 1 aliphatic rings. The lowest BCUT2D eigenvalue weighted by Crippen LogP contribution is -2.44. The Labute approximate surface area is 174 Å². The Kier molecular flexibility index (Phi) is 6.72. The number of hydrogen-bond acceptors (Lipinski definition) is 5. The van der Waals surface area contributed by atoms with Crippen LogP contribution in [0.15, 0.2) is 24.4 Å². The first-order chi connectivity index (χ1) is 13.4. The van der Waals surface area contributed by atoms with E-state index >= 15 is 0 Å². The van der Waals surface area contributed by atoms with Crippen molar-refractivity contribution in [2.75, 3.05) is 39.8 Å². The number of amides is 1. The van der Waals surface area contributed by atoms with Gasteiger partial charge in [0.25, 0.3) is 5.91 Å². The molecule has 1 aliphatic heterocycles. The molecule has 9 heteroatoms. The van der Waals surface area contributed by atoms with E-state index < -0.39 is 5.75 Å². The molecule has 1 aromatic heterocycles. The fourth-order valence-corrected chi connectivity index (χ4v) is 3.56. The summed E-state index contributed by atoms with van der Waals surface area (Å²) in [6, 6.07) is 5.16. The van der Waals surface area contributed by atoms with E-state index in [0.717, 1.165) is 38.3 Å². The van der Waals surface area contributed by atoms with Gasteiger partial charge in [0.05, 0.1) is 10.0 Å². The Morgan fingerprint density at radius 1 is 1.18 bits per heavy atom. The number of nitrogens with zero attached hydrogens (tertiary/aromatic N) is 3. The second-order valence-electron chi connectivity index (χ2n) is 6.91. The van der Waals surface area contributed by atoms with Crippen LogP contribution in [0.5, 0.6) is 11.6 Å². The summed E-state index contributed by atoms with van der Waals surface area (Å²) in [4.78, 5) is 16.5. The van der Waals surface area contributed by atoms with Crippen molar-refractivity contribution in [2.24, 2.45) is 0 Å². The molecule has 7 nitrogen and oxygen atoms in total. The minimum atomic E-state index is -0.397. The van der Waals surface area contributed by atoms with Crippen molar-refractivity contribution in [3.8, 4) is 11.6 Å². The number of aromatic nitrogens is 1. The van der Waals surface area contributed by atoms with Gasteiger partial charge in [0.2, 0.25) is 5.88 Å². The third-order valence-electron chi connectivity index (χ3n) is 4.87. The number of nitrogens with one attached hydrogen (secondary N) is 1. The number of benzene rings is 1. The highest BCUT2D eigenvalue weighted by molar-refractivity contribution is 6.42. The third-order valence-corrected chi connectivity index (χ3v) is 5.61. The quantitative estimate of drug-likeness (QED) is 0.660. The van der Waals surface area contributed by atoms with Crippen LogP contribution in [0.2, 0.25) is 10.0 Å². The van der Waals surface area contributed by atoms with E-state index in [0.29, 0.717) is 23.1 Å². The Balaban J connectivity index is 1.67. The van der Waals surface area contributed by atoms with Gasteiger partial charge in [-0.05, 0) is 17.7 Å². The number of carbonyl (C=O) groups is 1. The summed E-state index contributed by atoms with van der Waals surface area (Å²) in [5.41, 5.74) is 0.882. The molecule has 0 spiro atoms. The van der Waals surface area contributed by atoms with Crippen LogP contribution in [-0.2, 0) is 13.1 Å². The fourth-order valence-electron chi connectivity index (χ4n) is 3.23. The Bertz CT molecular complexity index is 850. The Hall–Kier alpha value is -1.93. The van der Waals surface area contributed by atoms with Gasteiger partial charge in [-0.1, -0.05) is 29.3 Å². The van der Waals surface area contributed by atoms with E-state index in [-0.39, 0.29) is 17.4 Å². The van der Waals surface area contributed by atoms with Crippen LogP contribution in [0.3, 0.4) is 0 Å².